The molecule has 0 saturated carbocycles. The second-order valence-corrected chi connectivity index (χ2v) is 8.36. The van der Waals surface area contributed by atoms with Crippen molar-refractivity contribution in [2.24, 2.45) is 5.41 Å². The molecule has 0 radical (unpaired) electrons. The van der Waals surface area contributed by atoms with E-state index in [1.807, 2.05) is 13.0 Å². The van der Waals surface area contributed by atoms with Crippen LogP contribution in [0.4, 0.5) is 0 Å². The molecule has 0 aromatic heterocycles. The van der Waals surface area contributed by atoms with Crippen LogP contribution in [0.1, 0.15) is 52.4 Å². The molecule has 26 heavy (non-hydrogen) atoms. The van der Waals surface area contributed by atoms with Gasteiger partial charge in [-0.05, 0) is 68.4 Å². The van der Waals surface area contributed by atoms with Gasteiger partial charge in [-0.25, -0.2) is 4.79 Å². The molecule has 142 valence electrons. The van der Waals surface area contributed by atoms with E-state index in [9.17, 15) is 9.90 Å². The van der Waals surface area contributed by atoms with Crippen LogP contribution in [-0.4, -0.2) is 59.6 Å². The average molecular weight is 379 g/mol. The molecule has 3 aliphatic rings. The first kappa shape index (κ1) is 18.2. The molecule has 4 rings (SSSR count). The molecule has 0 amide bonds. The molecule has 3 aliphatic heterocycles. The zero-order chi connectivity index (χ0) is 18.3. The predicted octanol–water partition coefficient (Wildman–Crippen LogP) is 2.68. The predicted molar refractivity (Wildman–Crippen MR) is 100 cm³/mol. The zero-order valence-electron chi connectivity index (χ0n) is 15.3. The number of carbonyl (C=O) groups excluding carboxylic acids is 1. The van der Waals surface area contributed by atoms with Crippen molar-refractivity contribution < 1.29 is 14.6 Å². The molecular formula is C20H27ClN2O3. The minimum atomic E-state index is -0.533. The first-order valence-electron chi connectivity index (χ1n) is 9.50. The van der Waals surface area contributed by atoms with Crippen LogP contribution in [0.15, 0.2) is 12.1 Å². The van der Waals surface area contributed by atoms with Crippen molar-refractivity contribution in [1.29, 1.82) is 0 Å². The van der Waals surface area contributed by atoms with Crippen molar-refractivity contribution in [3.05, 3.63) is 34.4 Å². The fourth-order valence-electron chi connectivity index (χ4n) is 4.81. The third-order valence-corrected chi connectivity index (χ3v) is 6.94. The van der Waals surface area contributed by atoms with Gasteiger partial charge in [-0.2, -0.15) is 0 Å². The van der Waals surface area contributed by atoms with Gasteiger partial charge in [-0.15, -0.1) is 11.6 Å². The number of likely N-dealkylation sites (tertiary alicyclic amines) is 2. The van der Waals surface area contributed by atoms with Gasteiger partial charge in [-0.1, -0.05) is 6.07 Å². The van der Waals surface area contributed by atoms with E-state index in [1.54, 1.807) is 6.07 Å². The second kappa shape index (κ2) is 7.12. The fourth-order valence-corrected chi connectivity index (χ4v) is 5.05. The van der Waals surface area contributed by atoms with Gasteiger partial charge >= 0.3 is 5.97 Å². The molecule has 3 heterocycles. The number of nitrogens with zero attached hydrogens (tertiary/aromatic N) is 2. The number of hydrogen-bond donors (Lipinski definition) is 1. The number of alkyl halides is 1. The van der Waals surface area contributed by atoms with Crippen LogP contribution in [0.25, 0.3) is 0 Å². The number of benzene rings is 1. The third-order valence-electron chi connectivity index (χ3n) is 6.60. The molecule has 0 unspecified atom stereocenters. The van der Waals surface area contributed by atoms with E-state index in [1.165, 1.54) is 19.3 Å². The molecule has 2 fully saturated rings. The van der Waals surface area contributed by atoms with Crippen LogP contribution < -0.4 is 0 Å². The Bertz CT molecular complexity index is 701. The van der Waals surface area contributed by atoms with Crippen molar-refractivity contribution in [1.82, 2.24) is 9.80 Å². The Morgan fingerprint density at radius 2 is 1.92 bits per heavy atom. The zero-order valence-corrected chi connectivity index (χ0v) is 16.1. The number of esters is 1. The van der Waals surface area contributed by atoms with E-state index in [2.05, 4.69) is 9.80 Å². The normalized spacial score (nSPS) is 24.0. The molecule has 5 nitrogen and oxygen atoms in total. The number of aliphatic hydroxyl groups excluding tert-OH is 1. The van der Waals surface area contributed by atoms with Gasteiger partial charge in [-0.3, -0.25) is 9.80 Å². The van der Waals surface area contributed by atoms with E-state index in [0.717, 1.165) is 42.9 Å². The molecule has 1 aromatic rings. The van der Waals surface area contributed by atoms with Crippen LogP contribution >= 0.6 is 11.6 Å². The van der Waals surface area contributed by atoms with Crippen LogP contribution in [0, 0.1) is 12.3 Å². The topological polar surface area (TPSA) is 53.0 Å². The number of carbonyl (C=O) groups is 1. The number of halogens is 1. The molecule has 0 bridgehead atoms. The number of rotatable bonds is 4. The maximum absolute atomic E-state index is 11.7. The van der Waals surface area contributed by atoms with Gasteiger partial charge in [0.2, 0.25) is 0 Å². The maximum atomic E-state index is 11.7. The van der Waals surface area contributed by atoms with Crippen molar-refractivity contribution in [3.8, 4) is 0 Å². The summed E-state index contributed by atoms with van der Waals surface area (Å²) in [7, 11) is 0. The number of aliphatic hydroxyl groups is 1. The van der Waals surface area contributed by atoms with Gasteiger partial charge in [0.15, 0.2) is 0 Å². The van der Waals surface area contributed by atoms with Gasteiger partial charge < -0.3 is 9.84 Å². The maximum Gasteiger partial charge on any atom is 0.338 e. The highest BCUT2D eigenvalue weighted by Crippen LogP contribution is 2.41. The smallest absolute Gasteiger partial charge is 0.338 e. The number of piperidine rings is 1. The van der Waals surface area contributed by atoms with E-state index >= 15 is 0 Å². The number of ether oxygens (including phenoxy) is 1. The average Bonchev–Trinajstić information content (AvgIpc) is 3.21. The van der Waals surface area contributed by atoms with Gasteiger partial charge in [0, 0.05) is 18.7 Å². The summed E-state index contributed by atoms with van der Waals surface area (Å²) in [6.07, 6.45) is 3.07. The molecule has 1 N–H and O–H groups in total. The Balaban J connectivity index is 1.40. The largest absolute Gasteiger partial charge is 0.457 e. The lowest BCUT2D eigenvalue weighted by Gasteiger charge is -2.38. The summed E-state index contributed by atoms with van der Waals surface area (Å²) in [6.45, 7) is 7.22. The third kappa shape index (κ3) is 3.26. The molecular weight excluding hydrogens is 352 g/mol. The van der Waals surface area contributed by atoms with Crippen LogP contribution in [-0.2, 0) is 11.3 Å². The Kier molecular flexibility index (Phi) is 4.99. The Morgan fingerprint density at radius 3 is 2.62 bits per heavy atom. The highest BCUT2D eigenvalue weighted by atomic mass is 35.5. The summed E-state index contributed by atoms with van der Waals surface area (Å²) in [5.41, 5.74) is 3.88. The Labute approximate surface area is 159 Å². The van der Waals surface area contributed by atoms with Gasteiger partial charge in [0.25, 0.3) is 0 Å². The highest BCUT2D eigenvalue weighted by Gasteiger charge is 2.40. The van der Waals surface area contributed by atoms with Crippen LogP contribution in [0.2, 0.25) is 0 Å². The van der Waals surface area contributed by atoms with Crippen LogP contribution in [0.5, 0.6) is 0 Å². The Hall–Kier alpha value is -1.14. The summed E-state index contributed by atoms with van der Waals surface area (Å²) < 4.78 is 5.12. The minimum Gasteiger partial charge on any atom is -0.457 e. The monoisotopic (exact) mass is 378 g/mol. The summed E-state index contributed by atoms with van der Waals surface area (Å²) in [5, 5.41) is 10.8. The molecule has 2 saturated heterocycles. The molecule has 0 aliphatic carbocycles. The lowest BCUT2D eigenvalue weighted by Crippen LogP contribution is -2.41. The number of fused-ring (bicyclic) bond motifs is 1. The summed E-state index contributed by atoms with van der Waals surface area (Å²) in [4.78, 5) is 16.4. The van der Waals surface area contributed by atoms with E-state index < -0.39 is 6.10 Å². The number of β-amino-alcohol motifs (C(OH)–C–C–N with tert-alkyl or cyclic N) is 1. The standard InChI is InChI=1S/C20H27ClN2O3/c1-14-15(2-3-16-17(14)11-26-19(16)25)18(24)10-23-9-6-20(12-23)4-7-22(13-21)8-5-20/h2-3,18,24H,4-13H2,1H3/t18-/m0/s1. The number of hydrogen-bond acceptors (Lipinski definition) is 5. The highest BCUT2D eigenvalue weighted by molar-refractivity contribution is 6.17. The second-order valence-electron chi connectivity index (χ2n) is 8.12. The minimum absolute atomic E-state index is 0.256. The van der Waals surface area contributed by atoms with Crippen molar-refractivity contribution in [3.63, 3.8) is 0 Å². The SMILES string of the molecule is Cc1c([C@@H](O)CN2CCC3(CCN(CCl)CC3)C2)ccc2c1COC2=O. The van der Waals surface area contributed by atoms with Gasteiger partial charge in [0.1, 0.15) is 6.61 Å². The van der Waals surface area contributed by atoms with Crippen molar-refractivity contribution in [2.45, 2.75) is 38.9 Å². The lowest BCUT2D eigenvalue weighted by atomic mass is 9.78. The van der Waals surface area contributed by atoms with E-state index in [0.29, 0.717) is 30.1 Å². The van der Waals surface area contributed by atoms with Crippen molar-refractivity contribution >= 4 is 17.6 Å². The van der Waals surface area contributed by atoms with Gasteiger partial charge in [0.05, 0.1) is 17.7 Å². The summed E-state index contributed by atoms with van der Waals surface area (Å²) >= 11 is 5.96. The quantitative estimate of drug-likeness (QED) is 0.496. The van der Waals surface area contributed by atoms with E-state index in [4.69, 9.17) is 16.3 Å². The summed E-state index contributed by atoms with van der Waals surface area (Å²) in [5.74, 6) is -0.256. The fraction of sp³-hybridized carbons (Fsp3) is 0.650. The van der Waals surface area contributed by atoms with E-state index in [-0.39, 0.29) is 5.97 Å². The van der Waals surface area contributed by atoms with Crippen LogP contribution in [0.3, 0.4) is 0 Å². The summed E-state index contributed by atoms with van der Waals surface area (Å²) in [6, 6.07) is 4.31. The molecule has 1 spiro atoms. The molecule has 6 heteroatoms. The molecule has 1 aromatic carbocycles. The number of cyclic esters (lactones) is 1. The first-order valence-corrected chi connectivity index (χ1v) is 10.0. The van der Waals surface area contributed by atoms with Crippen molar-refractivity contribution in [2.75, 3.05) is 38.7 Å². The first-order chi connectivity index (χ1) is 12.5. The molecule has 1 atom stereocenters. The lowest BCUT2D eigenvalue weighted by molar-refractivity contribution is 0.0535. The Morgan fingerprint density at radius 1 is 1.23 bits per heavy atom.